The van der Waals surface area contributed by atoms with E-state index in [0.717, 1.165) is 27.0 Å². The molecule has 2 aromatic heterocycles. The highest BCUT2D eigenvalue weighted by molar-refractivity contribution is 7.99. The number of benzene rings is 1. The second-order valence-electron chi connectivity index (χ2n) is 4.04. The van der Waals surface area contributed by atoms with Gasteiger partial charge in [0, 0.05) is 6.07 Å². The van der Waals surface area contributed by atoms with Crippen molar-refractivity contribution in [1.82, 2.24) is 19.9 Å². The number of aromatic nitrogens is 4. The van der Waals surface area contributed by atoms with E-state index in [1.165, 1.54) is 18.0 Å². The minimum absolute atomic E-state index is 0.403. The normalized spacial score (nSPS) is 10.8. The molecule has 0 saturated carbocycles. The lowest BCUT2D eigenvalue weighted by Gasteiger charge is -2.00. The van der Waals surface area contributed by atoms with Crippen LogP contribution >= 0.6 is 11.8 Å². The van der Waals surface area contributed by atoms with Gasteiger partial charge in [0.1, 0.15) is 16.6 Å². The van der Waals surface area contributed by atoms with Gasteiger partial charge in [-0.1, -0.05) is 0 Å². The molecule has 0 radical (unpaired) electrons. The van der Waals surface area contributed by atoms with Gasteiger partial charge in [0.2, 0.25) is 0 Å². The van der Waals surface area contributed by atoms with Crippen LogP contribution < -0.4 is 10.5 Å². The van der Waals surface area contributed by atoms with E-state index >= 15 is 0 Å². The van der Waals surface area contributed by atoms with Crippen LogP contribution in [0.25, 0.3) is 11.0 Å². The summed E-state index contributed by atoms with van der Waals surface area (Å²) in [5.74, 6) is 1.23. The molecule has 0 saturated heterocycles. The Morgan fingerprint density at radius 3 is 2.95 bits per heavy atom. The number of nitrogens with two attached hydrogens (primary N) is 1. The number of anilines is 1. The highest BCUT2D eigenvalue weighted by Crippen LogP contribution is 2.27. The number of imidazole rings is 1. The number of rotatable bonds is 4. The first-order valence-electron chi connectivity index (χ1n) is 6.12. The lowest BCUT2D eigenvalue weighted by molar-refractivity contribution is 0.340. The fraction of sp³-hybridized carbons (Fsp3) is 0.154. The SMILES string of the molecule is CCOc1ccc2nc(Sc3cnc(N)cn3)[nH]c2c1. The highest BCUT2D eigenvalue weighted by atomic mass is 32.2. The van der Waals surface area contributed by atoms with Crippen molar-refractivity contribution >= 4 is 28.6 Å². The first-order chi connectivity index (χ1) is 9.74. The van der Waals surface area contributed by atoms with E-state index in [9.17, 15) is 0 Å². The molecule has 0 spiro atoms. The van der Waals surface area contributed by atoms with E-state index in [-0.39, 0.29) is 0 Å². The van der Waals surface area contributed by atoms with E-state index in [2.05, 4.69) is 19.9 Å². The van der Waals surface area contributed by atoms with Gasteiger partial charge >= 0.3 is 0 Å². The summed E-state index contributed by atoms with van der Waals surface area (Å²) in [5, 5.41) is 1.50. The Morgan fingerprint density at radius 1 is 1.30 bits per heavy atom. The van der Waals surface area contributed by atoms with Gasteiger partial charge in [0.25, 0.3) is 0 Å². The van der Waals surface area contributed by atoms with Crippen molar-refractivity contribution in [3.05, 3.63) is 30.6 Å². The zero-order valence-corrected chi connectivity index (χ0v) is 11.6. The maximum absolute atomic E-state index is 5.51. The minimum atomic E-state index is 0.403. The van der Waals surface area contributed by atoms with Gasteiger partial charge in [-0.3, -0.25) is 0 Å². The predicted octanol–water partition coefficient (Wildman–Crippen LogP) is 2.48. The van der Waals surface area contributed by atoms with Crippen molar-refractivity contribution in [2.24, 2.45) is 0 Å². The quantitative estimate of drug-likeness (QED) is 0.766. The third-order valence-electron chi connectivity index (χ3n) is 2.59. The molecule has 20 heavy (non-hydrogen) atoms. The summed E-state index contributed by atoms with van der Waals surface area (Å²) in [4.78, 5) is 15.9. The molecule has 0 aliphatic carbocycles. The molecule has 0 bridgehead atoms. The van der Waals surface area contributed by atoms with E-state index in [0.29, 0.717) is 12.4 Å². The molecular formula is C13H13N5OS. The molecule has 0 atom stereocenters. The smallest absolute Gasteiger partial charge is 0.172 e. The first-order valence-corrected chi connectivity index (χ1v) is 6.94. The molecule has 3 aromatic rings. The van der Waals surface area contributed by atoms with Gasteiger partial charge in [0.15, 0.2) is 5.16 Å². The number of H-pyrrole nitrogens is 1. The molecular weight excluding hydrogens is 274 g/mol. The van der Waals surface area contributed by atoms with Crippen LogP contribution in [0.3, 0.4) is 0 Å². The largest absolute Gasteiger partial charge is 0.494 e. The van der Waals surface area contributed by atoms with Crippen LogP contribution in [-0.2, 0) is 0 Å². The number of hydrogen-bond donors (Lipinski definition) is 2. The second kappa shape index (κ2) is 5.38. The molecule has 0 fully saturated rings. The molecule has 0 unspecified atom stereocenters. The standard InChI is InChI=1S/C13H13N5OS/c1-2-19-8-3-4-9-10(5-8)18-13(17-9)20-12-7-15-11(14)6-16-12/h3-7H,2H2,1H3,(H2,14,15)(H,17,18). The highest BCUT2D eigenvalue weighted by Gasteiger charge is 2.07. The van der Waals surface area contributed by atoms with Crippen LogP contribution in [0.1, 0.15) is 6.92 Å². The van der Waals surface area contributed by atoms with Gasteiger partial charge < -0.3 is 15.5 Å². The second-order valence-corrected chi connectivity index (χ2v) is 5.04. The molecule has 0 amide bonds. The van der Waals surface area contributed by atoms with Gasteiger partial charge in [-0.2, -0.15) is 0 Å². The molecule has 2 heterocycles. The average Bonchev–Trinajstić information content (AvgIpc) is 2.83. The van der Waals surface area contributed by atoms with E-state index < -0.39 is 0 Å². The fourth-order valence-corrected chi connectivity index (χ4v) is 2.46. The van der Waals surface area contributed by atoms with Crippen LogP contribution in [0.15, 0.2) is 40.8 Å². The molecule has 0 aliphatic rings. The first kappa shape index (κ1) is 12.7. The molecule has 3 N–H and O–H groups in total. The van der Waals surface area contributed by atoms with Gasteiger partial charge in [0.05, 0.1) is 30.0 Å². The minimum Gasteiger partial charge on any atom is -0.494 e. The third kappa shape index (κ3) is 2.67. The van der Waals surface area contributed by atoms with Gasteiger partial charge in [-0.15, -0.1) is 0 Å². The molecule has 1 aromatic carbocycles. The van der Waals surface area contributed by atoms with Crippen molar-refractivity contribution in [3.63, 3.8) is 0 Å². The van der Waals surface area contributed by atoms with Crippen LogP contribution in [0, 0.1) is 0 Å². The Balaban J connectivity index is 1.86. The molecule has 0 aliphatic heterocycles. The fourth-order valence-electron chi connectivity index (χ4n) is 1.75. The average molecular weight is 287 g/mol. The number of hydrogen-bond acceptors (Lipinski definition) is 6. The van der Waals surface area contributed by atoms with Crippen molar-refractivity contribution in [2.75, 3.05) is 12.3 Å². The predicted molar refractivity (Wildman–Crippen MR) is 77.8 cm³/mol. The number of nitrogens with one attached hydrogen (secondary N) is 1. The Kier molecular flexibility index (Phi) is 3.42. The van der Waals surface area contributed by atoms with Gasteiger partial charge in [-0.05, 0) is 30.8 Å². The lowest BCUT2D eigenvalue weighted by Crippen LogP contribution is -1.91. The van der Waals surface area contributed by atoms with Crippen LogP contribution in [0.2, 0.25) is 0 Å². The zero-order chi connectivity index (χ0) is 13.9. The summed E-state index contributed by atoms with van der Waals surface area (Å²) in [7, 11) is 0. The summed E-state index contributed by atoms with van der Waals surface area (Å²) >= 11 is 1.40. The van der Waals surface area contributed by atoms with Crippen LogP contribution in [0.4, 0.5) is 5.82 Å². The van der Waals surface area contributed by atoms with E-state index in [1.54, 1.807) is 6.20 Å². The Morgan fingerprint density at radius 2 is 2.20 bits per heavy atom. The molecule has 3 rings (SSSR count). The van der Waals surface area contributed by atoms with Crippen molar-refractivity contribution in [1.29, 1.82) is 0 Å². The Hall–Kier alpha value is -2.28. The van der Waals surface area contributed by atoms with Crippen molar-refractivity contribution in [3.8, 4) is 5.75 Å². The Labute approximate surface area is 119 Å². The van der Waals surface area contributed by atoms with Crippen LogP contribution in [-0.4, -0.2) is 26.5 Å². The lowest BCUT2D eigenvalue weighted by atomic mass is 10.3. The van der Waals surface area contributed by atoms with Crippen molar-refractivity contribution in [2.45, 2.75) is 17.1 Å². The summed E-state index contributed by atoms with van der Waals surface area (Å²) in [6, 6.07) is 5.77. The number of nitrogen functional groups attached to an aromatic ring is 1. The monoisotopic (exact) mass is 287 g/mol. The van der Waals surface area contributed by atoms with E-state index in [4.69, 9.17) is 10.5 Å². The number of aromatic amines is 1. The van der Waals surface area contributed by atoms with E-state index in [1.807, 2.05) is 25.1 Å². The molecule has 7 heteroatoms. The number of nitrogens with zero attached hydrogens (tertiary/aromatic N) is 3. The third-order valence-corrected chi connectivity index (χ3v) is 3.40. The summed E-state index contributed by atoms with van der Waals surface area (Å²) in [6.45, 7) is 2.60. The number of fused-ring (bicyclic) bond motifs is 1. The van der Waals surface area contributed by atoms with Crippen molar-refractivity contribution < 1.29 is 4.74 Å². The number of ether oxygens (including phenoxy) is 1. The maximum atomic E-state index is 5.51. The maximum Gasteiger partial charge on any atom is 0.172 e. The summed E-state index contributed by atoms with van der Waals surface area (Å²) in [5.41, 5.74) is 7.33. The molecule has 6 nitrogen and oxygen atoms in total. The topological polar surface area (TPSA) is 89.7 Å². The zero-order valence-electron chi connectivity index (χ0n) is 10.8. The van der Waals surface area contributed by atoms with Crippen LogP contribution in [0.5, 0.6) is 5.75 Å². The summed E-state index contributed by atoms with van der Waals surface area (Å²) in [6.07, 6.45) is 3.15. The van der Waals surface area contributed by atoms with Gasteiger partial charge in [-0.25, -0.2) is 15.0 Å². The summed E-state index contributed by atoms with van der Waals surface area (Å²) < 4.78 is 5.46. The Bertz CT molecular complexity index is 725. The molecule has 102 valence electrons.